The summed E-state index contributed by atoms with van der Waals surface area (Å²) < 4.78 is 29.4. The Kier molecular flexibility index (Phi) is 7.56. The zero-order valence-electron chi connectivity index (χ0n) is 22.4. The molecule has 0 atom stereocenters. The largest absolute Gasteiger partial charge is 0.394 e. The van der Waals surface area contributed by atoms with Crippen molar-refractivity contribution in [2.24, 2.45) is 0 Å². The van der Waals surface area contributed by atoms with Crippen LogP contribution in [0.5, 0.6) is 0 Å². The SMILES string of the molecule is Cc1ccc(S(=O)(=O)N(OCCO)c2ccc(-c3ccc4nnn(Cc5ccc6ncccc6c5)c4n3)cc2Cl)cc1. The molecule has 6 aromatic rings. The molecule has 3 aromatic carbocycles. The van der Waals surface area contributed by atoms with E-state index in [0.29, 0.717) is 29.0 Å². The van der Waals surface area contributed by atoms with Crippen LogP contribution in [0.15, 0.2) is 96.0 Å². The molecule has 3 heterocycles. The number of hydrogen-bond acceptors (Lipinski definition) is 8. The van der Waals surface area contributed by atoms with Crippen LogP contribution in [0, 0.1) is 6.92 Å². The highest BCUT2D eigenvalue weighted by atomic mass is 35.5. The molecular weight excluding hydrogens is 576 g/mol. The van der Waals surface area contributed by atoms with Crippen LogP contribution in [0.2, 0.25) is 5.02 Å². The smallest absolute Gasteiger partial charge is 0.286 e. The number of aromatic nitrogens is 5. The summed E-state index contributed by atoms with van der Waals surface area (Å²) in [5, 5.41) is 19.0. The fourth-order valence-electron chi connectivity index (χ4n) is 4.53. The number of aryl methyl sites for hydroxylation is 1. The highest BCUT2D eigenvalue weighted by Gasteiger charge is 2.28. The summed E-state index contributed by atoms with van der Waals surface area (Å²) in [6, 6.07) is 24.8. The number of benzene rings is 3. The molecule has 6 rings (SSSR count). The predicted octanol–water partition coefficient (Wildman–Crippen LogP) is 5.17. The van der Waals surface area contributed by atoms with Crippen molar-refractivity contribution in [1.82, 2.24) is 25.0 Å². The van der Waals surface area contributed by atoms with E-state index in [-0.39, 0.29) is 28.8 Å². The third-order valence-electron chi connectivity index (χ3n) is 6.64. The molecule has 0 aliphatic rings. The lowest BCUT2D eigenvalue weighted by Gasteiger charge is -2.24. The molecule has 0 spiro atoms. The van der Waals surface area contributed by atoms with Crippen molar-refractivity contribution in [3.05, 3.63) is 107 Å². The highest BCUT2D eigenvalue weighted by Crippen LogP contribution is 2.34. The number of anilines is 1. The van der Waals surface area contributed by atoms with Gasteiger partial charge in [0.2, 0.25) is 0 Å². The first-order valence-electron chi connectivity index (χ1n) is 13.0. The van der Waals surface area contributed by atoms with Crippen molar-refractivity contribution in [3.63, 3.8) is 0 Å². The maximum atomic E-state index is 13.5. The first-order chi connectivity index (χ1) is 20.3. The summed E-state index contributed by atoms with van der Waals surface area (Å²) in [7, 11) is -4.14. The van der Waals surface area contributed by atoms with E-state index in [1.165, 1.54) is 12.1 Å². The zero-order chi connectivity index (χ0) is 29.3. The van der Waals surface area contributed by atoms with Gasteiger partial charge in [-0.3, -0.25) is 9.82 Å². The van der Waals surface area contributed by atoms with Gasteiger partial charge in [-0.15, -0.1) is 9.57 Å². The van der Waals surface area contributed by atoms with E-state index in [0.717, 1.165) is 26.5 Å². The minimum absolute atomic E-state index is 0.0294. The van der Waals surface area contributed by atoms with Crippen LogP contribution >= 0.6 is 11.6 Å². The lowest BCUT2D eigenvalue weighted by Crippen LogP contribution is -2.32. The normalized spacial score (nSPS) is 11.8. The lowest BCUT2D eigenvalue weighted by molar-refractivity contribution is 0.103. The predicted molar refractivity (Wildman–Crippen MR) is 160 cm³/mol. The summed E-state index contributed by atoms with van der Waals surface area (Å²) in [5.74, 6) is 0. The Hall–Kier alpha value is -4.42. The number of sulfonamides is 1. The second-order valence-corrected chi connectivity index (χ2v) is 11.7. The Morgan fingerprint density at radius 2 is 1.79 bits per heavy atom. The summed E-state index contributed by atoms with van der Waals surface area (Å²) in [6.07, 6.45) is 1.76. The van der Waals surface area contributed by atoms with Crippen LogP contribution in [0.3, 0.4) is 0 Å². The minimum Gasteiger partial charge on any atom is -0.394 e. The van der Waals surface area contributed by atoms with Crippen molar-refractivity contribution in [1.29, 1.82) is 0 Å². The first-order valence-corrected chi connectivity index (χ1v) is 14.8. The number of aliphatic hydroxyl groups is 1. The second kappa shape index (κ2) is 11.5. The molecule has 0 bridgehead atoms. The van der Waals surface area contributed by atoms with E-state index in [1.54, 1.807) is 47.3 Å². The van der Waals surface area contributed by atoms with Gasteiger partial charge >= 0.3 is 0 Å². The van der Waals surface area contributed by atoms with Crippen molar-refractivity contribution < 1.29 is 18.4 Å². The van der Waals surface area contributed by atoms with Gasteiger partial charge in [0.05, 0.1) is 40.9 Å². The molecular formula is C30H25ClN6O4S. The number of rotatable bonds is 9. The molecule has 0 amide bonds. The van der Waals surface area contributed by atoms with E-state index >= 15 is 0 Å². The fourth-order valence-corrected chi connectivity index (χ4v) is 6.14. The van der Waals surface area contributed by atoms with Gasteiger partial charge in [-0.25, -0.2) is 9.67 Å². The molecule has 0 saturated carbocycles. The Bertz CT molecular complexity index is 2010. The number of pyridine rings is 2. The highest BCUT2D eigenvalue weighted by molar-refractivity contribution is 7.92. The van der Waals surface area contributed by atoms with Crippen molar-refractivity contribution in [2.75, 3.05) is 17.7 Å². The van der Waals surface area contributed by atoms with E-state index in [4.69, 9.17) is 21.4 Å². The summed E-state index contributed by atoms with van der Waals surface area (Å²) in [5.41, 5.74) is 5.45. The number of aliphatic hydroxyl groups excluding tert-OH is 1. The Labute approximate surface area is 246 Å². The van der Waals surface area contributed by atoms with Crippen molar-refractivity contribution >= 4 is 49.4 Å². The molecule has 212 valence electrons. The monoisotopic (exact) mass is 600 g/mol. The van der Waals surface area contributed by atoms with E-state index in [1.807, 2.05) is 37.3 Å². The summed E-state index contributed by atoms with van der Waals surface area (Å²) in [6.45, 7) is 1.70. The topological polar surface area (TPSA) is 123 Å². The molecule has 42 heavy (non-hydrogen) atoms. The van der Waals surface area contributed by atoms with Crippen LogP contribution in [-0.2, 0) is 21.4 Å². The third kappa shape index (κ3) is 5.42. The molecule has 0 radical (unpaired) electrons. The van der Waals surface area contributed by atoms with Crippen LogP contribution in [0.4, 0.5) is 5.69 Å². The molecule has 1 N–H and O–H groups in total. The van der Waals surface area contributed by atoms with Crippen LogP contribution in [0.25, 0.3) is 33.3 Å². The van der Waals surface area contributed by atoms with Crippen LogP contribution < -0.4 is 4.47 Å². The van der Waals surface area contributed by atoms with Gasteiger partial charge in [0, 0.05) is 17.1 Å². The number of fused-ring (bicyclic) bond motifs is 2. The fraction of sp³-hybridized carbons (Fsp3) is 0.133. The third-order valence-corrected chi connectivity index (χ3v) is 8.55. The molecule has 0 aliphatic carbocycles. The Balaban J connectivity index is 1.32. The number of hydrogen-bond donors (Lipinski definition) is 1. The average molecular weight is 601 g/mol. The van der Waals surface area contributed by atoms with Gasteiger partial charge in [-0.05, 0) is 67.1 Å². The van der Waals surface area contributed by atoms with Crippen LogP contribution in [-0.4, -0.2) is 51.7 Å². The first kappa shape index (κ1) is 27.7. The van der Waals surface area contributed by atoms with Gasteiger partial charge < -0.3 is 5.11 Å². The molecule has 0 unspecified atom stereocenters. The molecule has 10 nitrogen and oxygen atoms in total. The van der Waals surface area contributed by atoms with Gasteiger partial charge in [0.25, 0.3) is 10.0 Å². The lowest BCUT2D eigenvalue weighted by atomic mass is 10.1. The van der Waals surface area contributed by atoms with E-state index in [2.05, 4.69) is 21.4 Å². The standard InChI is InChI=1S/C30H25ClN6O4S/c1-20-4-8-24(9-5-20)42(39,40)37(41-16-15-38)29-13-7-23(18-25(29)31)27-11-12-28-30(33-27)36(35-34-28)19-21-6-10-26-22(17-21)3-2-14-32-26/h2-14,17-18,38H,15-16,19H2,1H3. The Morgan fingerprint density at radius 1 is 0.976 bits per heavy atom. The average Bonchev–Trinajstić information content (AvgIpc) is 3.39. The van der Waals surface area contributed by atoms with Gasteiger partial charge in [0.15, 0.2) is 5.65 Å². The van der Waals surface area contributed by atoms with E-state index in [9.17, 15) is 13.5 Å². The summed E-state index contributed by atoms with van der Waals surface area (Å²) >= 11 is 6.64. The van der Waals surface area contributed by atoms with Gasteiger partial charge in [-0.1, -0.05) is 52.7 Å². The van der Waals surface area contributed by atoms with Gasteiger partial charge in [-0.2, -0.15) is 8.42 Å². The van der Waals surface area contributed by atoms with Crippen LogP contribution in [0.1, 0.15) is 11.1 Å². The molecule has 0 saturated heterocycles. The van der Waals surface area contributed by atoms with Crippen molar-refractivity contribution in [3.8, 4) is 11.3 Å². The summed E-state index contributed by atoms with van der Waals surface area (Å²) in [4.78, 5) is 14.7. The maximum Gasteiger partial charge on any atom is 0.286 e. The number of nitrogens with zero attached hydrogens (tertiary/aromatic N) is 6. The zero-order valence-corrected chi connectivity index (χ0v) is 24.0. The van der Waals surface area contributed by atoms with Gasteiger partial charge in [0.1, 0.15) is 11.2 Å². The maximum absolute atomic E-state index is 13.5. The van der Waals surface area contributed by atoms with E-state index < -0.39 is 10.0 Å². The quantitative estimate of drug-likeness (QED) is 0.225. The molecule has 0 fully saturated rings. The molecule has 12 heteroatoms. The second-order valence-electron chi connectivity index (χ2n) is 9.59. The molecule has 3 aromatic heterocycles. The van der Waals surface area contributed by atoms with Crippen molar-refractivity contribution in [2.45, 2.75) is 18.4 Å². The molecule has 0 aliphatic heterocycles. The Morgan fingerprint density at radius 3 is 2.57 bits per heavy atom. The number of halogens is 1. The minimum atomic E-state index is -4.14.